The smallest absolute Gasteiger partial charge is 0.306 e. The monoisotopic (exact) mass is 297 g/mol. The predicted molar refractivity (Wildman–Crippen MR) is 84.5 cm³/mol. The second kappa shape index (κ2) is 6.56. The van der Waals surface area contributed by atoms with Crippen LogP contribution in [-0.4, -0.2) is 27.1 Å². The Kier molecular flexibility index (Phi) is 4.32. The van der Waals surface area contributed by atoms with Crippen LogP contribution in [0.2, 0.25) is 0 Å². The summed E-state index contributed by atoms with van der Waals surface area (Å²) in [7, 11) is 0. The Hall–Kier alpha value is -2.43. The van der Waals surface area contributed by atoms with Crippen LogP contribution in [0.1, 0.15) is 25.7 Å². The van der Waals surface area contributed by atoms with Gasteiger partial charge in [0, 0.05) is 17.8 Å². The van der Waals surface area contributed by atoms with E-state index < -0.39 is 5.97 Å². The van der Waals surface area contributed by atoms with E-state index in [0.29, 0.717) is 0 Å². The van der Waals surface area contributed by atoms with Crippen LogP contribution in [0.25, 0.3) is 11.1 Å². The molecular weight excluding hydrogens is 278 g/mol. The van der Waals surface area contributed by atoms with Crippen molar-refractivity contribution in [3.8, 4) is 11.1 Å². The lowest BCUT2D eigenvalue weighted by atomic mass is 9.86. The van der Waals surface area contributed by atoms with Crippen LogP contribution < -0.4 is 5.32 Å². The highest BCUT2D eigenvalue weighted by atomic mass is 16.4. The number of benzene rings is 1. The fraction of sp³-hybridized carbons (Fsp3) is 0.353. The molecule has 0 saturated heterocycles. The standard InChI is InChI=1S/C17H19N3O2/c21-17(22)13-6-8-14(9-7-13)20-16-15(10-18-11-19-16)12-4-2-1-3-5-12/h1-5,10-11,13-14H,6-9H2,(H,21,22)(H,18,19,20). The van der Waals surface area contributed by atoms with Crippen molar-refractivity contribution in [1.82, 2.24) is 9.97 Å². The largest absolute Gasteiger partial charge is 0.481 e. The quantitative estimate of drug-likeness (QED) is 0.906. The van der Waals surface area contributed by atoms with Gasteiger partial charge in [-0.15, -0.1) is 0 Å². The summed E-state index contributed by atoms with van der Waals surface area (Å²) in [6.07, 6.45) is 6.51. The van der Waals surface area contributed by atoms with Crippen LogP contribution in [0, 0.1) is 5.92 Å². The first kappa shape index (κ1) is 14.5. The minimum absolute atomic E-state index is 0.197. The van der Waals surface area contributed by atoms with Gasteiger partial charge in [0.1, 0.15) is 12.1 Å². The average molecular weight is 297 g/mol. The molecule has 1 saturated carbocycles. The van der Waals surface area contributed by atoms with Crippen molar-refractivity contribution in [2.75, 3.05) is 5.32 Å². The zero-order chi connectivity index (χ0) is 15.4. The molecule has 22 heavy (non-hydrogen) atoms. The highest BCUT2D eigenvalue weighted by Crippen LogP contribution is 2.30. The lowest BCUT2D eigenvalue weighted by molar-refractivity contribution is -0.142. The molecule has 1 aliphatic carbocycles. The number of aromatic nitrogens is 2. The number of nitrogens with one attached hydrogen (secondary N) is 1. The van der Waals surface area contributed by atoms with Crippen molar-refractivity contribution in [3.63, 3.8) is 0 Å². The molecule has 1 aromatic carbocycles. The third-order valence-electron chi connectivity index (χ3n) is 4.21. The van der Waals surface area contributed by atoms with E-state index in [-0.39, 0.29) is 12.0 Å². The van der Waals surface area contributed by atoms with Gasteiger partial charge in [-0.05, 0) is 31.2 Å². The molecule has 5 nitrogen and oxygen atoms in total. The van der Waals surface area contributed by atoms with E-state index in [4.69, 9.17) is 5.11 Å². The van der Waals surface area contributed by atoms with Crippen LogP contribution in [0.5, 0.6) is 0 Å². The number of aliphatic carboxylic acids is 1. The van der Waals surface area contributed by atoms with E-state index in [1.165, 1.54) is 6.33 Å². The van der Waals surface area contributed by atoms with E-state index in [9.17, 15) is 4.79 Å². The number of carbonyl (C=O) groups is 1. The van der Waals surface area contributed by atoms with Crippen molar-refractivity contribution in [2.24, 2.45) is 5.92 Å². The molecule has 2 N–H and O–H groups in total. The van der Waals surface area contributed by atoms with Crippen LogP contribution in [0.15, 0.2) is 42.9 Å². The van der Waals surface area contributed by atoms with Gasteiger partial charge in [-0.2, -0.15) is 0 Å². The molecule has 1 heterocycles. The normalized spacial score (nSPS) is 21.3. The second-order valence-electron chi connectivity index (χ2n) is 5.68. The first-order valence-electron chi connectivity index (χ1n) is 7.59. The van der Waals surface area contributed by atoms with Gasteiger partial charge in [0.25, 0.3) is 0 Å². The number of rotatable bonds is 4. The number of hydrogen-bond acceptors (Lipinski definition) is 4. The van der Waals surface area contributed by atoms with Gasteiger partial charge in [-0.3, -0.25) is 4.79 Å². The lowest BCUT2D eigenvalue weighted by Gasteiger charge is -2.27. The molecule has 1 fully saturated rings. The van der Waals surface area contributed by atoms with Gasteiger partial charge >= 0.3 is 5.97 Å². The highest BCUT2D eigenvalue weighted by Gasteiger charge is 2.26. The van der Waals surface area contributed by atoms with Gasteiger partial charge in [-0.25, -0.2) is 9.97 Å². The molecule has 1 aromatic heterocycles. The summed E-state index contributed by atoms with van der Waals surface area (Å²) in [4.78, 5) is 19.5. The predicted octanol–water partition coefficient (Wildman–Crippen LogP) is 3.20. The summed E-state index contributed by atoms with van der Waals surface area (Å²) < 4.78 is 0. The Balaban J connectivity index is 1.73. The number of carboxylic acid groups (broad SMARTS) is 1. The maximum absolute atomic E-state index is 11.0. The Bertz CT molecular complexity index is 637. The molecule has 2 aromatic rings. The summed E-state index contributed by atoms with van der Waals surface area (Å²) in [6, 6.07) is 10.3. The van der Waals surface area contributed by atoms with E-state index in [1.54, 1.807) is 0 Å². The van der Waals surface area contributed by atoms with E-state index in [0.717, 1.165) is 42.6 Å². The summed E-state index contributed by atoms with van der Waals surface area (Å²) in [6.45, 7) is 0. The number of nitrogens with zero attached hydrogens (tertiary/aromatic N) is 2. The molecule has 0 unspecified atom stereocenters. The molecule has 0 atom stereocenters. The SMILES string of the molecule is O=C(O)C1CCC(Nc2ncncc2-c2ccccc2)CC1. The summed E-state index contributed by atoms with van der Waals surface area (Å²) in [5.41, 5.74) is 2.05. The Morgan fingerprint density at radius 2 is 1.86 bits per heavy atom. The molecule has 0 spiro atoms. The van der Waals surface area contributed by atoms with Crippen molar-refractivity contribution in [3.05, 3.63) is 42.9 Å². The maximum Gasteiger partial charge on any atom is 0.306 e. The summed E-state index contributed by atoms with van der Waals surface area (Å²) in [5.74, 6) is -0.0533. The molecular formula is C17H19N3O2. The number of anilines is 1. The molecule has 114 valence electrons. The molecule has 0 radical (unpaired) electrons. The second-order valence-corrected chi connectivity index (χ2v) is 5.68. The average Bonchev–Trinajstić information content (AvgIpc) is 2.57. The van der Waals surface area contributed by atoms with Crippen molar-refractivity contribution in [2.45, 2.75) is 31.7 Å². The van der Waals surface area contributed by atoms with Crippen LogP contribution >= 0.6 is 0 Å². The third kappa shape index (κ3) is 3.24. The maximum atomic E-state index is 11.0. The fourth-order valence-electron chi connectivity index (χ4n) is 2.95. The van der Waals surface area contributed by atoms with E-state index >= 15 is 0 Å². The van der Waals surface area contributed by atoms with Gasteiger partial charge < -0.3 is 10.4 Å². The van der Waals surface area contributed by atoms with Crippen molar-refractivity contribution >= 4 is 11.8 Å². The van der Waals surface area contributed by atoms with E-state index in [1.807, 2.05) is 36.5 Å². The zero-order valence-corrected chi connectivity index (χ0v) is 12.3. The Labute approximate surface area is 129 Å². The molecule has 1 aliphatic rings. The summed E-state index contributed by atoms with van der Waals surface area (Å²) in [5, 5.41) is 12.5. The molecule has 0 bridgehead atoms. The van der Waals surface area contributed by atoms with Gasteiger partial charge in [0.2, 0.25) is 0 Å². The molecule has 3 rings (SSSR count). The first-order valence-corrected chi connectivity index (χ1v) is 7.59. The number of hydrogen-bond donors (Lipinski definition) is 2. The minimum atomic E-state index is -0.675. The number of carboxylic acids is 1. The van der Waals surface area contributed by atoms with Crippen LogP contribution in [-0.2, 0) is 4.79 Å². The topological polar surface area (TPSA) is 75.1 Å². The lowest BCUT2D eigenvalue weighted by Crippen LogP contribution is -2.29. The molecule has 0 amide bonds. The van der Waals surface area contributed by atoms with Gasteiger partial charge in [0.05, 0.1) is 5.92 Å². The summed E-state index contributed by atoms with van der Waals surface area (Å²) >= 11 is 0. The Morgan fingerprint density at radius 3 is 2.55 bits per heavy atom. The minimum Gasteiger partial charge on any atom is -0.481 e. The molecule has 0 aliphatic heterocycles. The Morgan fingerprint density at radius 1 is 1.14 bits per heavy atom. The highest BCUT2D eigenvalue weighted by molar-refractivity contribution is 5.74. The third-order valence-corrected chi connectivity index (χ3v) is 4.21. The first-order chi connectivity index (χ1) is 10.7. The molecule has 5 heteroatoms. The zero-order valence-electron chi connectivity index (χ0n) is 12.3. The van der Waals surface area contributed by atoms with E-state index in [2.05, 4.69) is 15.3 Å². The fourth-order valence-corrected chi connectivity index (χ4v) is 2.95. The van der Waals surface area contributed by atoms with Crippen LogP contribution in [0.4, 0.5) is 5.82 Å². The van der Waals surface area contributed by atoms with Gasteiger partial charge in [-0.1, -0.05) is 30.3 Å². The van der Waals surface area contributed by atoms with Crippen LogP contribution in [0.3, 0.4) is 0 Å². The van der Waals surface area contributed by atoms with Crippen molar-refractivity contribution < 1.29 is 9.90 Å². The van der Waals surface area contributed by atoms with Gasteiger partial charge in [0.15, 0.2) is 0 Å². The van der Waals surface area contributed by atoms with Crippen molar-refractivity contribution in [1.29, 1.82) is 0 Å².